The van der Waals surface area contributed by atoms with E-state index < -0.39 is 167 Å². The lowest BCUT2D eigenvalue weighted by atomic mass is 9.91. The summed E-state index contributed by atoms with van der Waals surface area (Å²) in [5.74, 6) is -11.8. The van der Waals surface area contributed by atoms with E-state index in [0.717, 1.165) is 21.6 Å². The van der Waals surface area contributed by atoms with Crippen LogP contribution in [-0.4, -0.2) is 227 Å². The summed E-state index contributed by atoms with van der Waals surface area (Å²) in [5.41, 5.74) is 0. The highest BCUT2D eigenvalue weighted by Gasteiger charge is 2.47. The van der Waals surface area contributed by atoms with Crippen molar-refractivity contribution in [3.8, 4) is 6.07 Å². The Morgan fingerprint density at radius 2 is 1.00 bits per heavy atom. The smallest absolute Gasteiger partial charge is 0.303 e. The number of hydrogen-bond donors (Lipinski definition) is 4. The number of esters is 1. The number of amides is 11. The molecule has 0 aromatic heterocycles. The molecule has 11 amide bonds. The van der Waals surface area contributed by atoms with E-state index in [-0.39, 0.29) is 56.3 Å². The van der Waals surface area contributed by atoms with Crippen LogP contribution >= 0.6 is 0 Å². The van der Waals surface area contributed by atoms with Gasteiger partial charge in [-0.15, -0.1) is 0 Å². The molecule has 0 aliphatic carbocycles. The number of likely N-dealkylation sites (N-methyl/N-ethyl adjacent to an activating group) is 7. The largest absolute Gasteiger partial charge is 0.459 e. The van der Waals surface area contributed by atoms with Crippen LogP contribution in [0.1, 0.15) is 170 Å². The molecule has 0 aromatic carbocycles. The summed E-state index contributed by atoms with van der Waals surface area (Å²) in [6.07, 6.45) is 3.10. The quantitative estimate of drug-likeness (QED) is 0.118. The number of nitrogens with zero attached hydrogens (tertiary/aromatic N) is 8. The van der Waals surface area contributed by atoms with Gasteiger partial charge in [-0.3, -0.25) is 57.5 Å². The van der Waals surface area contributed by atoms with Crippen LogP contribution in [0, 0.1) is 52.8 Å². The Morgan fingerprint density at radius 1 is 0.527 bits per heavy atom. The fourth-order valence-corrected chi connectivity index (χ4v) is 11.5. The number of hydrogen-bond acceptors (Lipinski definition) is 14. The van der Waals surface area contributed by atoms with Gasteiger partial charge in [0.25, 0.3) is 0 Å². The third kappa shape index (κ3) is 22.6. The minimum absolute atomic E-state index is 0.0456. The molecule has 1 aliphatic heterocycles. The summed E-state index contributed by atoms with van der Waals surface area (Å²) in [5, 5.41) is 20.9. The van der Waals surface area contributed by atoms with Crippen LogP contribution in [0.5, 0.6) is 0 Å². The normalized spacial score (nSPS) is 26.8. The van der Waals surface area contributed by atoms with Gasteiger partial charge in [-0.1, -0.05) is 102 Å². The molecule has 0 radical (unpaired) electrons. The van der Waals surface area contributed by atoms with Gasteiger partial charge in [0.15, 0.2) is 0 Å². The molecular formula is C66H114N12O13. The summed E-state index contributed by atoms with van der Waals surface area (Å²) < 4.78 is 5.94. The zero-order chi connectivity index (χ0) is 70.5. The Hall–Kier alpha value is -7.13. The Kier molecular flexibility index (Phi) is 33.7. The maximum absolute atomic E-state index is 15.4. The molecule has 0 unspecified atom stereocenters. The third-order valence-electron chi connectivity index (χ3n) is 17.3. The lowest BCUT2D eigenvalue weighted by Crippen LogP contribution is -2.64. The van der Waals surface area contributed by atoms with Crippen LogP contribution in [0.15, 0.2) is 12.2 Å². The molecule has 91 heavy (non-hydrogen) atoms. The van der Waals surface area contributed by atoms with Gasteiger partial charge in [-0.2, -0.15) is 5.26 Å². The van der Waals surface area contributed by atoms with Crippen molar-refractivity contribution in [3.63, 3.8) is 0 Å². The molecule has 0 bridgehead atoms. The van der Waals surface area contributed by atoms with Gasteiger partial charge in [0, 0.05) is 62.7 Å². The first-order valence-electron chi connectivity index (χ1n) is 32.3. The summed E-state index contributed by atoms with van der Waals surface area (Å²) >= 11 is 0. The average molecular weight is 1280 g/mol. The second kappa shape index (κ2) is 37.4. The van der Waals surface area contributed by atoms with E-state index in [4.69, 9.17) is 4.74 Å². The van der Waals surface area contributed by atoms with Gasteiger partial charge >= 0.3 is 5.97 Å². The highest BCUT2D eigenvalue weighted by molar-refractivity contribution is 6.00. The van der Waals surface area contributed by atoms with E-state index in [2.05, 4.69) is 21.3 Å². The number of carbonyl (C=O) groups excluding carboxylic acids is 12. The van der Waals surface area contributed by atoms with Gasteiger partial charge in [0.1, 0.15) is 72.6 Å². The molecule has 1 rings (SSSR count). The number of ether oxygens (including phenoxy) is 1. The van der Waals surface area contributed by atoms with Crippen LogP contribution < -0.4 is 21.3 Å². The first-order valence-corrected chi connectivity index (χ1v) is 32.3. The van der Waals surface area contributed by atoms with E-state index in [9.17, 15) is 43.6 Å². The average Bonchev–Trinajstić information content (AvgIpc) is 1.58. The number of carbonyl (C=O) groups is 12. The van der Waals surface area contributed by atoms with E-state index in [1.165, 1.54) is 89.7 Å². The topological polar surface area (TPSA) is 309 Å². The monoisotopic (exact) mass is 1280 g/mol. The number of allylic oxidation sites excluding steroid dienone is 2. The van der Waals surface area contributed by atoms with Gasteiger partial charge in [-0.25, -0.2) is 0 Å². The van der Waals surface area contributed by atoms with Crippen molar-refractivity contribution in [1.82, 2.24) is 55.6 Å². The molecule has 516 valence electrons. The maximum atomic E-state index is 15.4. The highest BCUT2D eigenvalue weighted by atomic mass is 16.5. The highest BCUT2D eigenvalue weighted by Crippen LogP contribution is 2.27. The predicted octanol–water partition coefficient (Wildman–Crippen LogP) is 4.12. The van der Waals surface area contributed by atoms with E-state index in [1.54, 1.807) is 67.5 Å². The third-order valence-corrected chi connectivity index (χ3v) is 17.3. The second-order valence-electron chi connectivity index (χ2n) is 27.0. The number of nitrogens with one attached hydrogen (secondary N) is 4. The second-order valence-corrected chi connectivity index (χ2v) is 27.0. The van der Waals surface area contributed by atoms with Crippen molar-refractivity contribution < 1.29 is 62.3 Å². The van der Waals surface area contributed by atoms with Crippen molar-refractivity contribution in [2.45, 2.75) is 242 Å². The van der Waals surface area contributed by atoms with Crippen LogP contribution in [-0.2, 0) is 62.3 Å². The van der Waals surface area contributed by atoms with Crippen LogP contribution in [0.2, 0.25) is 0 Å². The van der Waals surface area contributed by atoms with Crippen molar-refractivity contribution in [3.05, 3.63) is 12.2 Å². The van der Waals surface area contributed by atoms with Crippen molar-refractivity contribution >= 4 is 70.9 Å². The van der Waals surface area contributed by atoms with Crippen molar-refractivity contribution in [2.24, 2.45) is 41.4 Å². The molecule has 1 fully saturated rings. The maximum Gasteiger partial charge on any atom is 0.303 e. The molecule has 1 saturated heterocycles. The summed E-state index contributed by atoms with van der Waals surface area (Å²) in [4.78, 5) is 184. The van der Waals surface area contributed by atoms with Crippen LogP contribution in [0.25, 0.3) is 0 Å². The van der Waals surface area contributed by atoms with E-state index >= 15 is 19.2 Å². The van der Waals surface area contributed by atoms with Crippen LogP contribution in [0.4, 0.5) is 0 Å². The molecule has 0 aromatic rings. The van der Waals surface area contributed by atoms with Gasteiger partial charge < -0.3 is 60.3 Å². The molecule has 25 nitrogen and oxygen atoms in total. The molecule has 14 atom stereocenters. The molecule has 25 heteroatoms. The van der Waals surface area contributed by atoms with E-state index in [1.807, 2.05) is 47.6 Å². The predicted molar refractivity (Wildman–Crippen MR) is 347 cm³/mol. The SMILES string of the molecule is C/C=C/C[C@@H](C)[C@@H](OC(C)=O)[C@H]1C(=O)N[C@@H](CC)C(=O)N(C)[C@H](C)C(=O)N(C)[C@@H]([C@H](C)CC#N)C(=O)N[C@@H](C(C)C)C(=O)N(C)[C@@H](CCC(C)C)C(=O)N[C@@H](C)C(=O)N[C@H](C)C(=O)N(C)[C@@H](CC(C)C)C(=O)N(C)[C@@H](CC(C)C)C(=O)N(C)[C@@H](C(C)C)C(=O)N1C. The van der Waals surface area contributed by atoms with Gasteiger partial charge in [-0.05, 0) is 108 Å². The Bertz CT molecular complexity index is 2600. The lowest BCUT2D eigenvalue weighted by molar-refractivity contribution is -0.164. The Morgan fingerprint density at radius 3 is 1.46 bits per heavy atom. The minimum atomic E-state index is -1.64. The van der Waals surface area contributed by atoms with E-state index in [0.29, 0.717) is 6.42 Å². The Balaban J connectivity index is 4.53. The fourth-order valence-electron chi connectivity index (χ4n) is 11.5. The minimum Gasteiger partial charge on any atom is -0.459 e. The summed E-state index contributed by atoms with van der Waals surface area (Å²) in [6, 6.07) is -12.3. The fraction of sp³-hybridized carbons (Fsp3) is 0.773. The standard InChI is InChI=1S/C66H114N12O13/c1-26-28-29-42(14)55(91-46(18)79)54-59(83)70-47(27-2)62(86)72(19)45(17)61(85)77(24)53(41(13)32-33-67)58(82)71-51(39(9)10)65(89)73(20)48(31-30-36(3)4)57(81)68-43(15)56(80)69-44(16)60(84)74(21)49(34-37(5)6)63(87)75(22)50(35-38(7)8)64(88)76(23)52(40(11)12)66(90)78(54)25/h26,28,36-45,47-55H,27,29-32,34-35H2,1-25H3,(H,68,81)(H,69,80)(H,70,83)(H,71,82)/b28-26+/t41-,42-,43+,44-,45-,47+,48+,49+,50+,51+,52+,53+,54+,55-/m1/s1. The van der Waals surface area contributed by atoms with Crippen LogP contribution in [0.3, 0.4) is 0 Å². The summed E-state index contributed by atoms with van der Waals surface area (Å²) in [6.45, 7) is 30.2. The molecule has 0 spiro atoms. The zero-order valence-corrected chi connectivity index (χ0v) is 59.5. The van der Waals surface area contributed by atoms with Crippen molar-refractivity contribution in [1.29, 1.82) is 5.26 Å². The summed E-state index contributed by atoms with van der Waals surface area (Å²) in [7, 11) is 9.72. The lowest BCUT2D eigenvalue weighted by Gasteiger charge is -2.42. The number of nitriles is 1. The van der Waals surface area contributed by atoms with Crippen molar-refractivity contribution in [2.75, 3.05) is 49.3 Å². The number of rotatable bonds is 17. The first-order chi connectivity index (χ1) is 42.1. The molecule has 4 N–H and O–H groups in total. The molecule has 1 heterocycles. The van der Waals surface area contributed by atoms with Gasteiger partial charge in [0.2, 0.25) is 65.0 Å². The molecule has 0 saturated carbocycles. The molecular weight excluding hydrogens is 1170 g/mol. The Labute approximate surface area is 543 Å². The first kappa shape index (κ1) is 81.9. The zero-order valence-electron chi connectivity index (χ0n) is 59.5. The van der Waals surface area contributed by atoms with Gasteiger partial charge in [0.05, 0.1) is 6.07 Å². The molecule has 1 aliphatic rings.